The molecule has 0 N–H and O–H groups in total. The molecule has 2 aromatic rings. The van der Waals surface area contributed by atoms with E-state index in [1.807, 2.05) is 26.8 Å². The summed E-state index contributed by atoms with van der Waals surface area (Å²) in [6, 6.07) is 7.69. The van der Waals surface area contributed by atoms with Gasteiger partial charge in [-0.05, 0) is 29.7 Å². The number of sulfonamides is 1. The summed E-state index contributed by atoms with van der Waals surface area (Å²) in [5, 5.41) is 12.6. The molecule has 28 heavy (non-hydrogen) atoms. The molecule has 1 aromatic heterocycles. The number of aromatic nitrogens is 2. The number of nitriles is 1. The highest BCUT2D eigenvalue weighted by Gasteiger charge is 2.28. The molecule has 7 nitrogen and oxygen atoms in total. The summed E-state index contributed by atoms with van der Waals surface area (Å²) in [4.78, 5) is 12.2. The van der Waals surface area contributed by atoms with Gasteiger partial charge in [0.15, 0.2) is 0 Å². The van der Waals surface area contributed by atoms with E-state index in [0.29, 0.717) is 5.69 Å². The average Bonchev–Trinajstić information content (AvgIpc) is 2.62. The molecule has 0 unspecified atom stereocenters. The molecule has 10 heteroatoms. The first-order valence-electron chi connectivity index (χ1n) is 8.38. The molecule has 0 aliphatic carbocycles. The van der Waals surface area contributed by atoms with Crippen molar-refractivity contribution >= 4 is 33.2 Å². The van der Waals surface area contributed by atoms with Crippen LogP contribution in [0.3, 0.4) is 0 Å². The number of hydrogen-bond acceptors (Lipinski definition) is 5. The Balaban J connectivity index is 2.41. The second-order valence-electron chi connectivity index (χ2n) is 7.32. The van der Waals surface area contributed by atoms with Crippen LogP contribution in [-0.4, -0.2) is 35.6 Å². The summed E-state index contributed by atoms with van der Waals surface area (Å²) in [6.45, 7) is 6.15. The molecule has 1 heterocycles. The minimum absolute atomic E-state index is 0.0393. The van der Waals surface area contributed by atoms with Crippen molar-refractivity contribution in [3.8, 4) is 11.8 Å². The van der Waals surface area contributed by atoms with E-state index in [-0.39, 0.29) is 39.9 Å². The zero-order chi connectivity index (χ0) is 21.1. The summed E-state index contributed by atoms with van der Waals surface area (Å²) < 4.78 is 28.4. The molecular formula is C18H20Cl2N4O3S. The van der Waals surface area contributed by atoms with E-state index in [1.165, 1.54) is 34.8 Å². The molecule has 0 saturated carbocycles. The molecule has 0 spiro atoms. The highest BCUT2D eigenvalue weighted by atomic mass is 35.5. The van der Waals surface area contributed by atoms with Gasteiger partial charge in [-0.25, -0.2) is 8.42 Å². The maximum atomic E-state index is 13.0. The molecule has 0 saturated heterocycles. The molecule has 0 fully saturated rings. The van der Waals surface area contributed by atoms with Crippen LogP contribution in [-0.2, 0) is 10.0 Å². The van der Waals surface area contributed by atoms with Gasteiger partial charge in [0.25, 0.3) is 5.56 Å². The standard InChI is InChI=1S/C18H20Cl2N4O3S/c1-18(2,3)12-23(10-4-9-21)28(26,27)14-7-5-13(6-8-14)24-17(25)16(20)15(19)11-22-24/h5-8,11H,4,10,12H2,1-3H3. The lowest BCUT2D eigenvalue weighted by Crippen LogP contribution is -2.38. The molecule has 150 valence electrons. The number of nitrogens with zero attached hydrogens (tertiary/aromatic N) is 4. The summed E-state index contributed by atoms with van der Waals surface area (Å²) in [5.74, 6) is 0. The number of benzene rings is 1. The van der Waals surface area contributed by atoms with E-state index >= 15 is 0 Å². The smallest absolute Gasteiger partial charge is 0.266 e. The minimum Gasteiger partial charge on any atom is -0.266 e. The van der Waals surface area contributed by atoms with Gasteiger partial charge >= 0.3 is 0 Å². The van der Waals surface area contributed by atoms with Crippen molar-refractivity contribution in [2.24, 2.45) is 5.41 Å². The zero-order valence-corrected chi connectivity index (χ0v) is 18.0. The minimum atomic E-state index is -3.80. The number of rotatable bonds is 6. The third-order valence-electron chi connectivity index (χ3n) is 3.72. The number of hydrogen-bond donors (Lipinski definition) is 0. The van der Waals surface area contributed by atoms with Gasteiger partial charge in [0.2, 0.25) is 10.0 Å². The summed E-state index contributed by atoms with van der Waals surface area (Å²) in [6.07, 6.45) is 1.33. The maximum absolute atomic E-state index is 13.0. The summed E-state index contributed by atoms with van der Waals surface area (Å²) in [5.41, 5.74) is -0.533. The Labute approximate surface area is 174 Å². The quantitative estimate of drug-likeness (QED) is 0.681. The lowest BCUT2D eigenvalue weighted by molar-refractivity contribution is 0.285. The largest absolute Gasteiger partial charge is 0.291 e. The van der Waals surface area contributed by atoms with Crippen LogP contribution in [0.25, 0.3) is 5.69 Å². The van der Waals surface area contributed by atoms with Gasteiger partial charge in [-0.3, -0.25) is 4.79 Å². The Morgan fingerprint density at radius 1 is 1.21 bits per heavy atom. The van der Waals surface area contributed by atoms with Crippen LogP contribution in [0.5, 0.6) is 0 Å². The fraction of sp³-hybridized carbons (Fsp3) is 0.389. The Hall–Kier alpha value is -1.92. The highest BCUT2D eigenvalue weighted by molar-refractivity contribution is 7.89. The Kier molecular flexibility index (Phi) is 6.88. The van der Waals surface area contributed by atoms with Crippen LogP contribution in [0, 0.1) is 16.7 Å². The van der Waals surface area contributed by atoms with E-state index in [2.05, 4.69) is 5.10 Å². The molecule has 2 rings (SSSR count). The Morgan fingerprint density at radius 3 is 2.36 bits per heavy atom. The number of halogens is 2. The molecule has 0 aliphatic heterocycles. The predicted molar refractivity (Wildman–Crippen MR) is 108 cm³/mol. The van der Waals surface area contributed by atoms with Gasteiger partial charge in [-0.1, -0.05) is 44.0 Å². The molecule has 0 radical (unpaired) electrons. The van der Waals surface area contributed by atoms with Crippen LogP contribution >= 0.6 is 23.2 Å². The fourth-order valence-corrected chi connectivity index (χ4v) is 4.41. The van der Waals surface area contributed by atoms with Gasteiger partial charge in [-0.15, -0.1) is 0 Å². The second kappa shape index (κ2) is 8.62. The van der Waals surface area contributed by atoms with E-state index < -0.39 is 15.6 Å². The first-order chi connectivity index (χ1) is 13.0. The third kappa shape index (κ3) is 5.11. The van der Waals surface area contributed by atoms with Crippen molar-refractivity contribution in [2.45, 2.75) is 32.1 Å². The van der Waals surface area contributed by atoms with Crippen LogP contribution in [0.4, 0.5) is 0 Å². The van der Waals surface area contributed by atoms with Crippen LogP contribution in [0.1, 0.15) is 27.2 Å². The van der Waals surface area contributed by atoms with Gasteiger partial charge in [-0.2, -0.15) is 19.3 Å². The Morgan fingerprint density at radius 2 is 1.82 bits per heavy atom. The maximum Gasteiger partial charge on any atom is 0.291 e. The summed E-state index contributed by atoms with van der Waals surface area (Å²) in [7, 11) is -3.80. The van der Waals surface area contributed by atoms with Crippen molar-refractivity contribution < 1.29 is 8.42 Å². The third-order valence-corrected chi connectivity index (χ3v) is 6.33. The highest BCUT2D eigenvalue weighted by Crippen LogP contribution is 2.23. The molecule has 1 aromatic carbocycles. The van der Waals surface area contributed by atoms with Gasteiger partial charge in [0, 0.05) is 19.5 Å². The first kappa shape index (κ1) is 22.4. The van der Waals surface area contributed by atoms with Crippen LogP contribution in [0.2, 0.25) is 10.0 Å². The van der Waals surface area contributed by atoms with E-state index in [1.54, 1.807) is 0 Å². The van der Waals surface area contributed by atoms with Crippen molar-refractivity contribution in [3.63, 3.8) is 0 Å². The van der Waals surface area contributed by atoms with E-state index in [4.69, 9.17) is 28.5 Å². The summed E-state index contributed by atoms with van der Waals surface area (Å²) >= 11 is 11.6. The topological polar surface area (TPSA) is 96.1 Å². The molecular weight excluding hydrogens is 423 g/mol. The Bertz CT molecular complexity index is 1050. The van der Waals surface area contributed by atoms with Crippen molar-refractivity contribution in [2.75, 3.05) is 13.1 Å². The fourth-order valence-electron chi connectivity index (χ4n) is 2.49. The van der Waals surface area contributed by atoms with E-state index in [0.717, 1.165) is 4.68 Å². The predicted octanol–water partition coefficient (Wildman–Crippen LogP) is 3.49. The van der Waals surface area contributed by atoms with Crippen LogP contribution < -0.4 is 5.56 Å². The first-order valence-corrected chi connectivity index (χ1v) is 10.6. The normalized spacial score (nSPS) is 12.2. The van der Waals surface area contributed by atoms with E-state index in [9.17, 15) is 13.2 Å². The monoisotopic (exact) mass is 442 g/mol. The molecule has 0 amide bonds. The van der Waals surface area contributed by atoms with Crippen molar-refractivity contribution in [1.82, 2.24) is 14.1 Å². The van der Waals surface area contributed by atoms with Crippen molar-refractivity contribution in [3.05, 3.63) is 50.9 Å². The zero-order valence-electron chi connectivity index (χ0n) is 15.7. The van der Waals surface area contributed by atoms with Gasteiger partial charge in [0.05, 0.1) is 27.9 Å². The average molecular weight is 443 g/mol. The van der Waals surface area contributed by atoms with Crippen LogP contribution in [0.15, 0.2) is 40.2 Å². The lowest BCUT2D eigenvalue weighted by Gasteiger charge is -2.28. The molecule has 0 aliphatic rings. The van der Waals surface area contributed by atoms with Crippen molar-refractivity contribution in [1.29, 1.82) is 5.26 Å². The lowest BCUT2D eigenvalue weighted by atomic mass is 9.97. The molecule has 0 bridgehead atoms. The SMILES string of the molecule is CC(C)(C)CN(CCC#N)S(=O)(=O)c1ccc(-n2ncc(Cl)c(Cl)c2=O)cc1. The van der Waals surface area contributed by atoms with Gasteiger partial charge < -0.3 is 0 Å². The molecule has 0 atom stereocenters. The second-order valence-corrected chi connectivity index (χ2v) is 10.0. The van der Waals surface area contributed by atoms with Gasteiger partial charge in [0.1, 0.15) is 5.02 Å².